The summed E-state index contributed by atoms with van der Waals surface area (Å²) in [6.45, 7) is 0. The molecule has 0 heterocycles. The average molecular weight is 282 g/mol. The molecule has 0 saturated carbocycles. The molecule has 0 fully saturated rings. The summed E-state index contributed by atoms with van der Waals surface area (Å²) in [5.41, 5.74) is 0. The van der Waals surface area contributed by atoms with E-state index in [1.807, 2.05) is 42.5 Å². The second-order valence-electron chi connectivity index (χ2n) is 3.84. The third-order valence-electron chi connectivity index (χ3n) is 2.87. The number of rotatable bonds is 0. The van der Waals surface area contributed by atoms with Crippen LogP contribution in [0.25, 0.3) is 21.5 Å². The topological polar surface area (TPSA) is 0 Å². The molecule has 0 aliphatic carbocycles. The van der Waals surface area contributed by atoms with Gasteiger partial charge in [0.25, 0.3) is 0 Å². The van der Waals surface area contributed by atoms with Gasteiger partial charge in [0.05, 0.1) is 10.0 Å². The fraction of sp³-hybridized carbons (Fsp3) is 0. The Labute approximate surface area is 114 Å². The van der Waals surface area contributed by atoms with E-state index in [-0.39, 0.29) is 0 Å². The van der Waals surface area contributed by atoms with Gasteiger partial charge in [-0.1, -0.05) is 71.2 Å². The van der Waals surface area contributed by atoms with Crippen molar-refractivity contribution in [2.24, 2.45) is 0 Å². The van der Waals surface area contributed by atoms with E-state index in [0.717, 1.165) is 21.5 Å². The molecule has 0 N–H and O–H groups in total. The Balaban J connectivity index is 2.69. The van der Waals surface area contributed by atoms with Crippen LogP contribution in [0, 0.1) is 0 Å². The van der Waals surface area contributed by atoms with E-state index in [1.165, 1.54) is 0 Å². The lowest BCUT2D eigenvalue weighted by atomic mass is 10.0. The van der Waals surface area contributed by atoms with Crippen LogP contribution in [-0.4, -0.2) is 0 Å². The lowest BCUT2D eigenvalue weighted by Gasteiger charge is -2.10. The molecule has 0 radical (unpaired) electrons. The third-order valence-corrected chi connectivity index (χ3v) is 3.98. The maximum absolute atomic E-state index is 6.41. The maximum atomic E-state index is 6.41. The van der Waals surface area contributed by atoms with Crippen LogP contribution in [0.3, 0.4) is 0 Å². The second kappa shape index (κ2) is 4.06. The minimum atomic E-state index is 0.625. The van der Waals surface area contributed by atoms with Gasteiger partial charge in [0, 0.05) is 26.6 Å². The van der Waals surface area contributed by atoms with Gasteiger partial charge in [-0.2, -0.15) is 0 Å². The first-order valence-electron chi connectivity index (χ1n) is 5.14. The summed E-state index contributed by atoms with van der Waals surface area (Å²) in [5, 5.41) is 5.57. The fourth-order valence-corrected chi connectivity index (χ4v) is 3.08. The van der Waals surface area contributed by atoms with Gasteiger partial charge in [-0.15, -0.1) is 0 Å². The summed E-state index contributed by atoms with van der Waals surface area (Å²) in [7, 11) is 0. The lowest BCUT2D eigenvalue weighted by Crippen LogP contribution is -1.82. The first-order chi connectivity index (χ1) is 8.20. The molecule has 84 valence electrons. The Morgan fingerprint density at radius 3 is 1.88 bits per heavy atom. The average Bonchev–Trinajstić information content (AvgIpc) is 2.36. The highest BCUT2D eigenvalue weighted by Crippen LogP contribution is 2.41. The Hall–Kier alpha value is -0.950. The van der Waals surface area contributed by atoms with Crippen molar-refractivity contribution < 1.29 is 0 Å². The molecule has 3 aromatic carbocycles. The molecule has 17 heavy (non-hydrogen) atoms. The lowest BCUT2D eigenvalue weighted by molar-refractivity contribution is 1.76. The van der Waals surface area contributed by atoms with E-state index in [1.54, 1.807) is 0 Å². The van der Waals surface area contributed by atoms with Gasteiger partial charge in [-0.05, 0) is 6.07 Å². The van der Waals surface area contributed by atoms with Crippen molar-refractivity contribution in [2.75, 3.05) is 0 Å². The smallest absolute Gasteiger partial charge is 0.0578 e. The largest absolute Gasteiger partial charge is 0.0836 e. The molecule has 0 saturated heterocycles. The van der Waals surface area contributed by atoms with E-state index < -0.39 is 0 Å². The van der Waals surface area contributed by atoms with E-state index >= 15 is 0 Å². The van der Waals surface area contributed by atoms with Gasteiger partial charge >= 0.3 is 0 Å². The molecule has 0 nitrogen and oxygen atoms in total. The fourth-order valence-electron chi connectivity index (χ4n) is 2.08. The second-order valence-corrected chi connectivity index (χ2v) is 5.00. The van der Waals surface area contributed by atoms with Crippen molar-refractivity contribution in [3.8, 4) is 0 Å². The molecule has 0 aliphatic rings. The highest BCUT2D eigenvalue weighted by molar-refractivity contribution is 6.50. The highest BCUT2D eigenvalue weighted by Gasteiger charge is 2.12. The molecule has 0 bridgehead atoms. The van der Waals surface area contributed by atoms with Crippen LogP contribution in [0.4, 0.5) is 0 Å². The Morgan fingerprint density at radius 2 is 1.18 bits per heavy atom. The van der Waals surface area contributed by atoms with Crippen molar-refractivity contribution >= 4 is 56.3 Å². The number of benzene rings is 3. The number of fused-ring (bicyclic) bond motifs is 2. The first kappa shape index (κ1) is 11.2. The summed E-state index contributed by atoms with van der Waals surface area (Å²) in [6, 6.07) is 13.4. The molecule has 0 atom stereocenters. The van der Waals surface area contributed by atoms with E-state index in [4.69, 9.17) is 34.8 Å². The van der Waals surface area contributed by atoms with Gasteiger partial charge in [-0.25, -0.2) is 0 Å². The molecule has 3 rings (SSSR count). The summed E-state index contributed by atoms with van der Waals surface area (Å²) < 4.78 is 0. The molecular formula is C14H7Cl3. The normalized spacial score (nSPS) is 11.2. The number of hydrogen-bond acceptors (Lipinski definition) is 0. The first-order valence-corrected chi connectivity index (χ1v) is 6.27. The van der Waals surface area contributed by atoms with Crippen molar-refractivity contribution in [2.45, 2.75) is 0 Å². The molecular weight excluding hydrogens is 275 g/mol. The molecule has 0 unspecified atom stereocenters. The van der Waals surface area contributed by atoms with Crippen LogP contribution >= 0.6 is 34.8 Å². The predicted molar refractivity (Wildman–Crippen MR) is 76.5 cm³/mol. The molecule has 0 aliphatic heterocycles. The molecule has 3 heteroatoms. The van der Waals surface area contributed by atoms with Gasteiger partial charge in [-0.3, -0.25) is 0 Å². The molecule has 3 aromatic rings. The molecule has 0 amide bonds. The van der Waals surface area contributed by atoms with Crippen molar-refractivity contribution in [3.05, 3.63) is 57.5 Å². The minimum absolute atomic E-state index is 0.625. The quantitative estimate of drug-likeness (QED) is 0.446. The zero-order chi connectivity index (χ0) is 12.0. The van der Waals surface area contributed by atoms with Crippen LogP contribution in [-0.2, 0) is 0 Å². The zero-order valence-electron chi connectivity index (χ0n) is 8.68. The predicted octanol–water partition coefficient (Wildman–Crippen LogP) is 5.95. The van der Waals surface area contributed by atoms with Crippen molar-refractivity contribution in [1.82, 2.24) is 0 Å². The zero-order valence-corrected chi connectivity index (χ0v) is 10.9. The summed E-state index contributed by atoms with van der Waals surface area (Å²) in [4.78, 5) is 0. The van der Waals surface area contributed by atoms with E-state index in [2.05, 4.69) is 0 Å². The SMILES string of the molecule is Clc1c2ccccc2c(Cl)c2c(Cl)cccc12. The Morgan fingerprint density at radius 1 is 0.588 bits per heavy atom. The summed E-state index contributed by atoms with van der Waals surface area (Å²) >= 11 is 19.0. The Kier molecular flexibility index (Phi) is 2.67. The minimum Gasteiger partial charge on any atom is -0.0836 e. The van der Waals surface area contributed by atoms with Gasteiger partial charge in [0.15, 0.2) is 0 Å². The van der Waals surface area contributed by atoms with Crippen LogP contribution in [0.5, 0.6) is 0 Å². The monoisotopic (exact) mass is 280 g/mol. The molecule has 0 spiro atoms. The van der Waals surface area contributed by atoms with Crippen LogP contribution in [0.1, 0.15) is 0 Å². The van der Waals surface area contributed by atoms with Crippen LogP contribution in [0.15, 0.2) is 42.5 Å². The molecule has 0 aromatic heterocycles. The highest BCUT2D eigenvalue weighted by atomic mass is 35.5. The Bertz CT molecular complexity index is 732. The van der Waals surface area contributed by atoms with E-state index in [0.29, 0.717) is 15.1 Å². The van der Waals surface area contributed by atoms with Gasteiger partial charge in [0.2, 0.25) is 0 Å². The number of hydrogen-bond donors (Lipinski definition) is 0. The van der Waals surface area contributed by atoms with Crippen LogP contribution in [0.2, 0.25) is 15.1 Å². The standard InChI is InChI=1S/C14H7Cl3/c15-11-7-3-6-10-12(11)14(17)9-5-2-1-4-8(9)13(10)16/h1-7H. The third kappa shape index (κ3) is 1.60. The van der Waals surface area contributed by atoms with Crippen molar-refractivity contribution in [3.63, 3.8) is 0 Å². The maximum Gasteiger partial charge on any atom is 0.0578 e. The van der Waals surface area contributed by atoms with Gasteiger partial charge in [0.1, 0.15) is 0 Å². The number of halogens is 3. The van der Waals surface area contributed by atoms with Gasteiger partial charge < -0.3 is 0 Å². The van der Waals surface area contributed by atoms with Crippen molar-refractivity contribution in [1.29, 1.82) is 0 Å². The summed E-state index contributed by atoms with van der Waals surface area (Å²) in [5.74, 6) is 0. The summed E-state index contributed by atoms with van der Waals surface area (Å²) in [6.07, 6.45) is 0. The van der Waals surface area contributed by atoms with Crippen LogP contribution < -0.4 is 0 Å². The van der Waals surface area contributed by atoms with E-state index in [9.17, 15) is 0 Å².